The molecule has 0 fully saturated rings. The Labute approximate surface area is 83.6 Å². The van der Waals surface area contributed by atoms with Gasteiger partial charge >= 0.3 is 0 Å². The first kappa shape index (κ1) is 8.94. The molecule has 0 radical (unpaired) electrons. The summed E-state index contributed by atoms with van der Waals surface area (Å²) in [5.74, 6) is 0. The normalized spacial score (nSPS) is 24.6. The average molecular weight is 190 g/mol. The molecule has 3 nitrogen and oxygen atoms in total. The molecule has 1 aromatic carbocycles. The second kappa shape index (κ2) is 3.25. The van der Waals surface area contributed by atoms with E-state index in [0.29, 0.717) is 0 Å². The highest BCUT2D eigenvalue weighted by Gasteiger charge is 2.26. The van der Waals surface area contributed by atoms with Crippen molar-refractivity contribution in [1.29, 1.82) is 0 Å². The summed E-state index contributed by atoms with van der Waals surface area (Å²) in [4.78, 5) is 0. The highest BCUT2D eigenvalue weighted by molar-refractivity contribution is 5.52. The summed E-state index contributed by atoms with van der Waals surface area (Å²) in [5, 5.41) is 3.30. The first-order valence-corrected chi connectivity index (χ1v) is 4.65. The molecule has 3 N–H and O–H groups in total. The van der Waals surface area contributed by atoms with E-state index in [0.717, 1.165) is 17.8 Å². The van der Waals surface area contributed by atoms with Gasteiger partial charge in [0.25, 0.3) is 0 Å². The van der Waals surface area contributed by atoms with E-state index in [4.69, 9.17) is 10.5 Å². The van der Waals surface area contributed by atoms with Crippen LogP contribution in [0.2, 0.25) is 0 Å². The Hall–Kier alpha value is -1.64. The maximum absolute atomic E-state index is 5.60. The Kier molecular flexibility index (Phi) is 2.08. The molecular weight excluding hydrogens is 176 g/mol. The van der Waals surface area contributed by atoms with Crippen LogP contribution in [-0.4, -0.2) is 5.72 Å². The number of nitrogens with one attached hydrogen (secondary N) is 1. The van der Waals surface area contributed by atoms with Crippen molar-refractivity contribution in [2.75, 3.05) is 11.1 Å². The molecule has 0 saturated heterocycles. The Morgan fingerprint density at radius 3 is 2.64 bits per heavy atom. The Morgan fingerprint density at radius 2 is 2.07 bits per heavy atom. The molecule has 3 heteroatoms. The van der Waals surface area contributed by atoms with Gasteiger partial charge in [0.05, 0.1) is 6.26 Å². The lowest BCUT2D eigenvalue weighted by Crippen LogP contribution is -2.33. The molecule has 1 aliphatic rings. The molecule has 1 heterocycles. The summed E-state index contributed by atoms with van der Waals surface area (Å²) >= 11 is 0. The van der Waals surface area contributed by atoms with E-state index in [1.54, 1.807) is 6.26 Å². The van der Waals surface area contributed by atoms with Gasteiger partial charge in [0.1, 0.15) is 0 Å². The molecule has 1 aliphatic heterocycles. The van der Waals surface area contributed by atoms with Crippen molar-refractivity contribution < 1.29 is 4.74 Å². The van der Waals surface area contributed by atoms with E-state index in [-0.39, 0.29) is 5.72 Å². The van der Waals surface area contributed by atoms with Crippen molar-refractivity contribution in [3.63, 3.8) is 0 Å². The van der Waals surface area contributed by atoms with Gasteiger partial charge in [-0.15, -0.1) is 0 Å². The highest BCUT2D eigenvalue weighted by atomic mass is 16.5. The predicted molar refractivity (Wildman–Crippen MR) is 57.7 cm³/mol. The van der Waals surface area contributed by atoms with Crippen LogP contribution >= 0.6 is 0 Å². The predicted octanol–water partition coefficient (Wildman–Crippen LogP) is 2.33. The fourth-order valence-corrected chi connectivity index (χ4v) is 1.47. The van der Waals surface area contributed by atoms with Gasteiger partial charge in [-0.25, -0.2) is 0 Å². The minimum absolute atomic E-state index is 0.309. The third-order valence-electron chi connectivity index (χ3n) is 2.25. The molecule has 0 bridgehead atoms. The number of rotatable bonds is 2. The van der Waals surface area contributed by atoms with E-state index in [1.165, 1.54) is 0 Å². The molecular formula is C11H14N2O. The molecule has 74 valence electrons. The minimum atomic E-state index is -0.309. The zero-order chi connectivity index (χ0) is 10.0. The maximum atomic E-state index is 5.60. The molecule has 0 spiro atoms. The summed E-state index contributed by atoms with van der Waals surface area (Å²) in [6.07, 6.45) is 4.60. The van der Waals surface area contributed by atoms with Gasteiger partial charge < -0.3 is 15.8 Å². The van der Waals surface area contributed by atoms with Crippen LogP contribution in [0.25, 0.3) is 0 Å². The molecule has 0 aromatic heterocycles. The van der Waals surface area contributed by atoms with Crippen LogP contribution in [0.15, 0.2) is 36.6 Å². The quantitative estimate of drug-likeness (QED) is 0.703. The second-order valence-corrected chi connectivity index (χ2v) is 3.67. The van der Waals surface area contributed by atoms with Crippen LogP contribution in [0.3, 0.4) is 0 Å². The number of hydrogen-bond donors (Lipinski definition) is 2. The monoisotopic (exact) mass is 190 g/mol. The van der Waals surface area contributed by atoms with E-state index < -0.39 is 0 Å². The summed E-state index contributed by atoms with van der Waals surface area (Å²) < 4.78 is 5.45. The van der Waals surface area contributed by atoms with Crippen LogP contribution in [-0.2, 0) is 4.74 Å². The molecule has 1 aromatic rings. The molecule has 0 saturated carbocycles. The minimum Gasteiger partial charge on any atom is -0.476 e. The number of nitrogens with two attached hydrogens (primary N) is 1. The zero-order valence-electron chi connectivity index (χ0n) is 8.16. The lowest BCUT2D eigenvalue weighted by atomic mass is 10.1. The average Bonchev–Trinajstić information content (AvgIpc) is 2.57. The smallest absolute Gasteiger partial charge is 0.180 e. The fraction of sp³-hybridized carbons (Fsp3) is 0.273. The van der Waals surface area contributed by atoms with Gasteiger partial charge in [-0.2, -0.15) is 0 Å². The Balaban J connectivity index is 2.07. The first-order valence-electron chi connectivity index (χ1n) is 4.65. The molecule has 14 heavy (non-hydrogen) atoms. The van der Waals surface area contributed by atoms with Gasteiger partial charge in [-0.1, -0.05) is 0 Å². The lowest BCUT2D eigenvalue weighted by molar-refractivity contribution is 0.0921. The highest BCUT2D eigenvalue weighted by Crippen LogP contribution is 2.25. The third-order valence-corrected chi connectivity index (χ3v) is 2.25. The largest absolute Gasteiger partial charge is 0.476 e. The van der Waals surface area contributed by atoms with Crippen molar-refractivity contribution >= 4 is 11.4 Å². The standard InChI is InChI=1S/C11H14N2O/c1-11(7-2-8-14-11)13-10-5-3-9(12)4-6-10/h2-6,8,13H,7,12H2,1H3. The molecule has 1 unspecified atom stereocenters. The number of nitrogen functional groups attached to an aromatic ring is 1. The molecule has 0 aliphatic carbocycles. The van der Waals surface area contributed by atoms with Gasteiger partial charge in [-0.05, 0) is 37.3 Å². The van der Waals surface area contributed by atoms with Crippen molar-refractivity contribution in [1.82, 2.24) is 0 Å². The molecule has 1 atom stereocenters. The van der Waals surface area contributed by atoms with Crippen molar-refractivity contribution in [2.45, 2.75) is 19.1 Å². The van der Waals surface area contributed by atoms with E-state index >= 15 is 0 Å². The first-order chi connectivity index (χ1) is 6.68. The zero-order valence-corrected chi connectivity index (χ0v) is 8.16. The number of hydrogen-bond acceptors (Lipinski definition) is 3. The van der Waals surface area contributed by atoms with Gasteiger partial charge in [0.15, 0.2) is 5.72 Å². The molecule has 2 rings (SSSR count). The van der Waals surface area contributed by atoms with E-state index in [1.807, 2.05) is 37.3 Å². The van der Waals surface area contributed by atoms with Gasteiger partial charge in [0, 0.05) is 17.8 Å². The number of anilines is 2. The van der Waals surface area contributed by atoms with Gasteiger partial charge in [0.2, 0.25) is 0 Å². The second-order valence-electron chi connectivity index (χ2n) is 3.67. The topological polar surface area (TPSA) is 47.3 Å². The van der Waals surface area contributed by atoms with Crippen LogP contribution in [0, 0.1) is 0 Å². The van der Waals surface area contributed by atoms with Crippen LogP contribution in [0.1, 0.15) is 13.3 Å². The summed E-state index contributed by atoms with van der Waals surface area (Å²) in [5.41, 5.74) is 7.08. The number of benzene rings is 1. The van der Waals surface area contributed by atoms with Crippen molar-refractivity contribution in [3.8, 4) is 0 Å². The third kappa shape index (κ3) is 1.82. The van der Waals surface area contributed by atoms with Crippen molar-refractivity contribution in [2.24, 2.45) is 0 Å². The van der Waals surface area contributed by atoms with Gasteiger partial charge in [-0.3, -0.25) is 0 Å². The summed E-state index contributed by atoms with van der Waals surface area (Å²) in [7, 11) is 0. The van der Waals surface area contributed by atoms with Crippen molar-refractivity contribution in [3.05, 3.63) is 36.6 Å². The Bertz CT molecular complexity index is 335. The summed E-state index contributed by atoms with van der Waals surface area (Å²) in [6, 6.07) is 7.63. The fourth-order valence-electron chi connectivity index (χ4n) is 1.47. The lowest BCUT2D eigenvalue weighted by Gasteiger charge is -2.26. The van der Waals surface area contributed by atoms with Crippen LogP contribution < -0.4 is 11.1 Å². The number of ether oxygens (including phenoxy) is 1. The van der Waals surface area contributed by atoms with E-state index in [2.05, 4.69) is 5.32 Å². The van der Waals surface area contributed by atoms with E-state index in [9.17, 15) is 0 Å². The molecule has 0 amide bonds. The van der Waals surface area contributed by atoms with Crippen LogP contribution in [0.5, 0.6) is 0 Å². The van der Waals surface area contributed by atoms with Crippen LogP contribution in [0.4, 0.5) is 11.4 Å². The maximum Gasteiger partial charge on any atom is 0.180 e. The Morgan fingerprint density at radius 1 is 1.36 bits per heavy atom. The SMILES string of the molecule is CC1(Nc2ccc(N)cc2)CC=CO1. The summed E-state index contributed by atoms with van der Waals surface area (Å²) in [6.45, 7) is 2.02.